The van der Waals surface area contributed by atoms with Crippen molar-refractivity contribution in [2.45, 2.75) is 32.4 Å². The van der Waals surface area contributed by atoms with Crippen molar-refractivity contribution in [1.82, 2.24) is 10.3 Å². The van der Waals surface area contributed by atoms with Gasteiger partial charge in [-0.3, -0.25) is 0 Å². The van der Waals surface area contributed by atoms with Crippen molar-refractivity contribution in [2.24, 2.45) is 5.73 Å². The molecule has 0 saturated carbocycles. The van der Waals surface area contributed by atoms with Gasteiger partial charge in [-0.25, -0.2) is 14.2 Å². The molecular weight excluding hydrogens is 308 g/mol. The first kappa shape index (κ1) is 16.9. The number of pyridine rings is 1. The van der Waals surface area contributed by atoms with Gasteiger partial charge in [-0.15, -0.1) is 0 Å². The zero-order chi connectivity index (χ0) is 15.5. The molecule has 0 fully saturated rings. The third kappa shape index (κ3) is 4.77. The van der Waals surface area contributed by atoms with Crippen LogP contribution in [0.3, 0.4) is 0 Å². The molecule has 0 spiro atoms. The number of nitrogens with zero attached hydrogens (tertiary/aromatic N) is 1. The Morgan fingerprint density at radius 1 is 1.50 bits per heavy atom. The van der Waals surface area contributed by atoms with Crippen LogP contribution in [0.4, 0.5) is 9.18 Å². The van der Waals surface area contributed by atoms with Crippen LogP contribution < -0.4 is 11.1 Å². The molecule has 8 heteroatoms. The molecule has 1 aromatic rings. The molecule has 112 valence electrons. The largest absolute Gasteiger partial charge is 0.444 e. The van der Waals surface area contributed by atoms with Gasteiger partial charge in [0, 0.05) is 12.1 Å². The summed E-state index contributed by atoms with van der Waals surface area (Å²) in [5.41, 5.74) is 5.14. The number of rotatable bonds is 3. The lowest BCUT2D eigenvalue weighted by atomic mass is 10.1. The van der Waals surface area contributed by atoms with Crippen LogP contribution in [0.1, 0.15) is 32.4 Å². The summed E-state index contributed by atoms with van der Waals surface area (Å²) in [5, 5.41) is 2.14. The average molecular weight is 324 g/mol. The molecule has 1 rings (SSSR count). The van der Waals surface area contributed by atoms with Crippen molar-refractivity contribution in [1.29, 1.82) is 0 Å². The molecule has 0 aliphatic carbocycles. The van der Waals surface area contributed by atoms with E-state index in [2.05, 4.69) is 10.3 Å². The van der Waals surface area contributed by atoms with E-state index >= 15 is 0 Å². The van der Waals surface area contributed by atoms with Gasteiger partial charge in [-0.05, 0) is 26.8 Å². The van der Waals surface area contributed by atoms with Crippen molar-refractivity contribution < 1.29 is 13.9 Å². The molecule has 0 saturated heterocycles. The van der Waals surface area contributed by atoms with Gasteiger partial charge in [0.25, 0.3) is 0 Å². The van der Waals surface area contributed by atoms with Crippen molar-refractivity contribution in [2.75, 3.05) is 6.54 Å². The number of carbonyl (C=O) groups is 1. The number of carbonyl (C=O) groups excluding carboxylic acids is 1. The summed E-state index contributed by atoms with van der Waals surface area (Å²) >= 11 is 11.4. The fourth-order valence-corrected chi connectivity index (χ4v) is 1.87. The van der Waals surface area contributed by atoms with Gasteiger partial charge in [0.2, 0.25) is 0 Å². The molecule has 1 heterocycles. The zero-order valence-electron chi connectivity index (χ0n) is 11.3. The van der Waals surface area contributed by atoms with Gasteiger partial charge >= 0.3 is 6.09 Å². The summed E-state index contributed by atoms with van der Waals surface area (Å²) in [6, 6.07) is 0.364. The molecule has 0 aliphatic heterocycles. The topological polar surface area (TPSA) is 77.2 Å². The van der Waals surface area contributed by atoms with Crippen LogP contribution >= 0.6 is 23.2 Å². The third-order valence-corrected chi connectivity index (χ3v) is 2.78. The lowest BCUT2D eigenvalue weighted by Crippen LogP contribution is -2.38. The number of hydrogen-bond donors (Lipinski definition) is 2. The zero-order valence-corrected chi connectivity index (χ0v) is 12.8. The van der Waals surface area contributed by atoms with E-state index in [-0.39, 0.29) is 22.4 Å². The maximum Gasteiger partial charge on any atom is 0.408 e. The Morgan fingerprint density at radius 3 is 2.60 bits per heavy atom. The second-order valence-corrected chi connectivity index (χ2v) is 5.79. The number of hydrogen-bond acceptors (Lipinski definition) is 4. The Bertz CT molecular complexity index is 506. The second kappa shape index (κ2) is 6.56. The summed E-state index contributed by atoms with van der Waals surface area (Å²) in [4.78, 5) is 15.3. The van der Waals surface area contributed by atoms with Crippen molar-refractivity contribution in [3.8, 4) is 0 Å². The minimum Gasteiger partial charge on any atom is -0.444 e. The summed E-state index contributed by atoms with van der Waals surface area (Å²) < 4.78 is 18.5. The lowest BCUT2D eigenvalue weighted by Gasteiger charge is -2.23. The fourth-order valence-electron chi connectivity index (χ4n) is 1.42. The Labute approximate surface area is 126 Å². The summed E-state index contributed by atoms with van der Waals surface area (Å²) in [7, 11) is 0. The van der Waals surface area contributed by atoms with Crippen LogP contribution in [0, 0.1) is 5.82 Å². The van der Waals surface area contributed by atoms with Crippen molar-refractivity contribution >= 4 is 29.3 Å². The van der Waals surface area contributed by atoms with Crippen LogP contribution in [-0.4, -0.2) is 23.2 Å². The molecule has 0 aliphatic rings. The SMILES string of the molecule is CC(C)(C)OC(=O)NC(CN)c1cc(F)c(Cl)nc1Cl. The lowest BCUT2D eigenvalue weighted by molar-refractivity contribution is 0.0505. The first-order valence-corrected chi connectivity index (χ1v) is 6.60. The first-order valence-electron chi connectivity index (χ1n) is 5.85. The molecular formula is C12H16Cl2FN3O2. The molecule has 0 radical (unpaired) electrons. The number of nitrogens with two attached hydrogens (primary N) is 1. The Hall–Kier alpha value is -1.11. The minimum atomic E-state index is -0.740. The number of ether oxygens (including phenoxy) is 1. The van der Waals surface area contributed by atoms with Gasteiger partial charge in [0.15, 0.2) is 11.0 Å². The molecule has 0 bridgehead atoms. The highest BCUT2D eigenvalue weighted by molar-refractivity contribution is 6.33. The van der Waals surface area contributed by atoms with Crippen LogP contribution in [0.2, 0.25) is 10.3 Å². The van der Waals surface area contributed by atoms with Gasteiger partial charge in [-0.2, -0.15) is 0 Å². The van der Waals surface area contributed by atoms with Crippen LogP contribution in [0.25, 0.3) is 0 Å². The first-order chi connectivity index (χ1) is 9.14. The highest BCUT2D eigenvalue weighted by Gasteiger charge is 2.22. The van der Waals surface area contributed by atoms with Gasteiger partial charge < -0.3 is 15.8 Å². The number of halogens is 3. The molecule has 1 atom stereocenters. The minimum absolute atomic E-state index is 0.00170. The summed E-state index contributed by atoms with van der Waals surface area (Å²) in [6.45, 7) is 5.17. The fraction of sp³-hybridized carbons (Fsp3) is 0.500. The van der Waals surface area contributed by atoms with E-state index in [0.717, 1.165) is 6.07 Å². The molecule has 20 heavy (non-hydrogen) atoms. The van der Waals surface area contributed by atoms with Crippen molar-refractivity contribution in [3.05, 3.63) is 27.8 Å². The summed E-state index contributed by atoms with van der Waals surface area (Å²) in [6.07, 6.45) is -0.681. The predicted octanol–water partition coefficient (Wildman–Crippen LogP) is 3.05. The van der Waals surface area contributed by atoms with Crippen LogP contribution in [0.15, 0.2) is 6.07 Å². The van der Waals surface area contributed by atoms with E-state index in [1.54, 1.807) is 20.8 Å². The van der Waals surface area contributed by atoms with E-state index in [4.69, 9.17) is 33.7 Å². The van der Waals surface area contributed by atoms with Crippen LogP contribution in [0.5, 0.6) is 0 Å². The highest BCUT2D eigenvalue weighted by atomic mass is 35.5. The van der Waals surface area contributed by atoms with Crippen molar-refractivity contribution in [3.63, 3.8) is 0 Å². The second-order valence-electron chi connectivity index (χ2n) is 5.08. The normalized spacial score (nSPS) is 12.9. The average Bonchev–Trinajstić information content (AvgIpc) is 2.29. The number of alkyl carbamates (subject to hydrolysis) is 1. The quantitative estimate of drug-likeness (QED) is 0.838. The molecule has 1 aromatic heterocycles. The maximum atomic E-state index is 13.4. The van der Waals surface area contributed by atoms with E-state index in [9.17, 15) is 9.18 Å². The van der Waals surface area contributed by atoms with E-state index in [1.165, 1.54) is 0 Å². The number of nitrogens with one attached hydrogen (secondary N) is 1. The molecule has 1 amide bonds. The Balaban J connectivity index is 2.92. The standard InChI is InChI=1S/C12H16Cl2FN3O2/c1-12(2,3)20-11(19)17-8(5-16)6-4-7(15)10(14)18-9(6)13/h4,8H,5,16H2,1-3H3,(H,17,19). The van der Waals surface area contributed by atoms with E-state index in [0.29, 0.717) is 0 Å². The maximum absolute atomic E-state index is 13.4. The predicted molar refractivity (Wildman–Crippen MR) is 75.4 cm³/mol. The Kier molecular flexibility index (Phi) is 5.56. The number of aromatic nitrogens is 1. The monoisotopic (exact) mass is 323 g/mol. The molecule has 3 N–H and O–H groups in total. The van der Waals surface area contributed by atoms with Gasteiger partial charge in [-0.1, -0.05) is 23.2 Å². The number of amides is 1. The smallest absolute Gasteiger partial charge is 0.408 e. The summed E-state index contributed by atoms with van der Waals surface area (Å²) in [5.74, 6) is -0.740. The van der Waals surface area contributed by atoms with Gasteiger partial charge in [0.1, 0.15) is 10.8 Å². The molecule has 1 unspecified atom stereocenters. The van der Waals surface area contributed by atoms with E-state index < -0.39 is 23.6 Å². The van der Waals surface area contributed by atoms with Crippen LogP contribution in [-0.2, 0) is 4.74 Å². The molecule has 5 nitrogen and oxygen atoms in total. The van der Waals surface area contributed by atoms with E-state index in [1.807, 2.05) is 0 Å². The Morgan fingerprint density at radius 2 is 2.10 bits per heavy atom. The highest BCUT2D eigenvalue weighted by Crippen LogP contribution is 2.25. The third-order valence-electron chi connectivity index (χ3n) is 2.22. The van der Waals surface area contributed by atoms with Gasteiger partial charge in [0.05, 0.1) is 6.04 Å². The molecule has 0 aromatic carbocycles.